The van der Waals surface area contributed by atoms with Gasteiger partial charge in [0.05, 0.1) is 19.3 Å². The number of hydrogen-bond acceptors (Lipinski definition) is 4. The minimum Gasteiger partial charge on any atom is -0.444 e. The van der Waals surface area contributed by atoms with Crippen molar-refractivity contribution >= 4 is 11.9 Å². The Bertz CT molecular complexity index is 357. The number of Topliss-reactive ketones (excluding diaryl/α,β-unsaturated/α-hetero) is 1. The molecule has 0 aromatic rings. The van der Waals surface area contributed by atoms with E-state index in [1.54, 1.807) is 4.90 Å². The minimum absolute atomic E-state index is 0.170. The van der Waals surface area contributed by atoms with E-state index in [1.807, 2.05) is 20.8 Å². The van der Waals surface area contributed by atoms with Crippen molar-refractivity contribution in [3.05, 3.63) is 0 Å². The molecule has 1 saturated carbocycles. The fourth-order valence-electron chi connectivity index (χ4n) is 2.19. The standard InChI is InChI=1S/C14H23NO4/c1-14(2,3)19-13(17)15-6-7-18-9-11(15)8-12(16)10-4-5-10/h10-11H,4-9H2,1-3H3. The van der Waals surface area contributed by atoms with E-state index < -0.39 is 5.60 Å². The number of nitrogens with zero attached hydrogens (tertiary/aromatic N) is 1. The van der Waals surface area contributed by atoms with Crippen molar-refractivity contribution in [1.82, 2.24) is 4.90 Å². The zero-order valence-electron chi connectivity index (χ0n) is 12.0. The molecule has 0 bridgehead atoms. The van der Waals surface area contributed by atoms with Crippen molar-refractivity contribution in [3.8, 4) is 0 Å². The van der Waals surface area contributed by atoms with Crippen LogP contribution in [-0.2, 0) is 14.3 Å². The van der Waals surface area contributed by atoms with Gasteiger partial charge in [-0.2, -0.15) is 0 Å². The Morgan fingerprint density at radius 2 is 2.00 bits per heavy atom. The van der Waals surface area contributed by atoms with Crippen LogP contribution in [0.3, 0.4) is 0 Å². The monoisotopic (exact) mass is 269 g/mol. The molecule has 1 aliphatic heterocycles. The molecule has 1 aliphatic carbocycles. The topological polar surface area (TPSA) is 55.8 Å². The summed E-state index contributed by atoms with van der Waals surface area (Å²) in [5.41, 5.74) is -0.513. The number of carbonyl (C=O) groups is 2. The lowest BCUT2D eigenvalue weighted by molar-refractivity contribution is -0.123. The first-order valence-corrected chi connectivity index (χ1v) is 6.97. The molecule has 2 fully saturated rings. The second kappa shape index (κ2) is 5.49. The summed E-state index contributed by atoms with van der Waals surface area (Å²) in [4.78, 5) is 25.7. The lowest BCUT2D eigenvalue weighted by Gasteiger charge is -2.36. The molecule has 0 radical (unpaired) electrons. The quantitative estimate of drug-likeness (QED) is 0.786. The molecule has 1 unspecified atom stereocenters. The van der Waals surface area contributed by atoms with Crippen LogP contribution in [0.2, 0.25) is 0 Å². The molecule has 1 heterocycles. The van der Waals surface area contributed by atoms with Crippen LogP contribution in [0, 0.1) is 5.92 Å². The van der Waals surface area contributed by atoms with E-state index in [-0.39, 0.29) is 23.8 Å². The van der Waals surface area contributed by atoms with Gasteiger partial charge in [-0.1, -0.05) is 0 Å². The highest BCUT2D eigenvalue weighted by Crippen LogP contribution is 2.32. The van der Waals surface area contributed by atoms with E-state index in [0.717, 1.165) is 12.8 Å². The van der Waals surface area contributed by atoms with Gasteiger partial charge in [-0.3, -0.25) is 4.79 Å². The molecule has 0 N–H and O–H groups in total. The van der Waals surface area contributed by atoms with E-state index >= 15 is 0 Å². The highest BCUT2D eigenvalue weighted by Gasteiger charge is 2.36. The summed E-state index contributed by atoms with van der Waals surface area (Å²) in [6.45, 7) is 6.96. The summed E-state index contributed by atoms with van der Waals surface area (Å²) in [5.74, 6) is 0.478. The second-order valence-electron chi connectivity index (χ2n) is 6.35. The van der Waals surface area contributed by atoms with Crippen molar-refractivity contribution in [1.29, 1.82) is 0 Å². The Morgan fingerprint density at radius 3 is 2.58 bits per heavy atom. The highest BCUT2D eigenvalue weighted by atomic mass is 16.6. The van der Waals surface area contributed by atoms with Crippen LogP contribution in [0.25, 0.3) is 0 Å². The summed E-state index contributed by atoms with van der Waals surface area (Å²) in [7, 11) is 0. The van der Waals surface area contributed by atoms with Gasteiger partial charge in [0.2, 0.25) is 0 Å². The molecule has 1 atom stereocenters. The third kappa shape index (κ3) is 4.20. The first kappa shape index (κ1) is 14.3. The van der Waals surface area contributed by atoms with E-state index in [9.17, 15) is 9.59 Å². The molecule has 0 aromatic carbocycles. The van der Waals surface area contributed by atoms with Crippen LogP contribution in [0.15, 0.2) is 0 Å². The van der Waals surface area contributed by atoms with Crippen LogP contribution >= 0.6 is 0 Å². The van der Waals surface area contributed by atoms with Gasteiger partial charge in [-0.05, 0) is 33.6 Å². The van der Waals surface area contributed by atoms with E-state index in [0.29, 0.717) is 26.2 Å². The van der Waals surface area contributed by atoms with Gasteiger partial charge >= 0.3 is 6.09 Å². The smallest absolute Gasteiger partial charge is 0.410 e. The van der Waals surface area contributed by atoms with Crippen molar-refractivity contribution in [2.75, 3.05) is 19.8 Å². The SMILES string of the molecule is CC(C)(C)OC(=O)N1CCOCC1CC(=O)C1CC1. The summed E-state index contributed by atoms with van der Waals surface area (Å²) in [6, 6.07) is -0.170. The van der Waals surface area contributed by atoms with Gasteiger partial charge in [0.25, 0.3) is 0 Å². The molecule has 1 amide bonds. The predicted molar refractivity (Wildman–Crippen MR) is 69.9 cm³/mol. The average molecular weight is 269 g/mol. The Balaban J connectivity index is 1.94. The number of amides is 1. The van der Waals surface area contributed by atoms with Crippen molar-refractivity contribution in [2.24, 2.45) is 5.92 Å². The molecule has 19 heavy (non-hydrogen) atoms. The minimum atomic E-state index is -0.513. The van der Waals surface area contributed by atoms with Gasteiger partial charge < -0.3 is 14.4 Å². The molecular formula is C14H23NO4. The Hall–Kier alpha value is -1.10. The molecular weight excluding hydrogens is 246 g/mol. The number of ketones is 1. The number of rotatable bonds is 3. The maximum absolute atomic E-state index is 12.1. The van der Waals surface area contributed by atoms with Crippen molar-refractivity contribution in [2.45, 2.75) is 51.7 Å². The third-order valence-corrected chi connectivity index (χ3v) is 3.33. The summed E-state index contributed by atoms with van der Waals surface area (Å²) in [6.07, 6.45) is 2.05. The van der Waals surface area contributed by atoms with Crippen molar-refractivity contribution < 1.29 is 19.1 Å². The summed E-state index contributed by atoms with van der Waals surface area (Å²) in [5, 5.41) is 0. The van der Waals surface area contributed by atoms with Gasteiger partial charge in [-0.15, -0.1) is 0 Å². The fourth-order valence-corrected chi connectivity index (χ4v) is 2.19. The van der Waals surface area contributed by atoms with Crippen LogP contribution in [-0.4, -0.2) is 48.2 Å². The zero-order valence-corrected chi connectivity index (χ0v) is 12.0. The fraction of sp³-hybridized carbons (Fsp3) is 0.857. The van der Waals surface area contributed by atoms with Crippen LogP contribution in [0.4, 0.5) is 4.79 Å². The largest absolute Gasteiger partial charge is 0.444 e. The molecule has 108 valence electrons. The van der Waals surface area contributed by atoms with E-state index in [2.05, 4.69) is 0 Å². The molecule has 5 nitrogen and oxygen atoms in total. The van der Waals surface area contributed by atoms with Crippen LogP contribution in [0.1, 0.15) is 40.0 Å². The van der Waals surface area contributed by atoms with E-state index in [1.165, 1.54) is 0 Å². The van der Waals surface area contributed by atoms with Gasteiger partial charge in [0.1, 0.15) is 11.4 Å². The van der Waals surface area contributed by atoms with E-state index in [4.69, 9.17) is 9.47 Å². The first-order valence-electron chi connectivity index (χ1n) is 6.97. The lowest BCUT2D eigenvalue weighted by atomic mass is 10.1. The average Bonchev–Trinajstić information content (AvgIpc) is 3.10. The molecule has 0 spiro atoms. The molecule has 1 saturated heterocycles. The third-order valence-electron chi connectivity index (χ3n) is 3.33. The Labute approximate surface area is 114 Å². The van der Waals surface area contributed by atoms with Crippen LogP contribution in [0.5, 0.6) is 0 Å². The highest BCUT2D eigenvalue weighted by molar-refractivity contribution is 5.84. The summed E-state index contributed by atoms with van der Waals surface area (Å²) >= 11 is 0. The van der Waals surface area contributed by atoms with Crippen LogP contribution < -0.4 is 0 Å². The number of morpholine rings is 1. The number of carbonyl (C=O) groups excluding carboxylic acids is 2. The normalized spacial score (nSPS) is 24.2. The van der Waals surface area contributed by atoms with Gasteiger partial charge in [-0.25, -0.2) is 4.79 Å². The molecule has 2 rings (SSSR count). The maximum atomic E-state index is 12.1. The number of hydrogen-bond donors (Lipinski definition) is 0. The van der Waals surface area contributed by atoms with Gasteiger partial charge in [0.15, 0.2) is 0 Å². The first-order chi connectivity index (χ1) is 8.87. The lowest BCUT2D eigenvalue weighted by Crippen LogP contribution is -2.51. The number of ether oxygens (including phenoxy) is 2. The molecule has 0 aromatic heterocycles. The molecule has 5 heteroatoms. The molecule has 2 aliphatic rings. The summed E-state index contributed by atoms with van der Waals surface area (Å²) < 4.78 is 10.8. The zero-order chi connectivity index (χ0) is 14.0. The maximum Gasteiger partial charge on any atom is 0.410 e. The Morgan fingerprint density at radius 1 is 1.32 bits per heavy atom. The van der Waals surface area contributed by atoms with Gasteiger partial charge in [0, 0.05) is 18.9 Å². The Kier molecular flexibility index (Phi) is 4.13. The second-order valence-corrected chi connectivity index (χ2v) is 6.35. The van der Waals surface area contributed by atoms with Crippen molar-refractivity contribution in [3.63, 3.8) is 0 Å². The predicted octanol–water partition coefficient (Wildman–Crippen LogP) is 1.99.